The summed E-state index contributed by atoms with van der Waals surface area (Å²) < 4.78 is 6.31. The predicted molar refractivity (Wildman–Crippen MR) is 38.3 cm³/mol. The van der Waals surface area contributed by atoms with Crippen molar-refractivity contribution in [2.75, 3.05) is 0 Å². The summed E-state index contributed by atoms with van der Waals surface area (Å²) in [7, 11) is 0. The molecule has 0 bridgehead atoms. The van der Waals surface area contributed by atoms with Crippen LogP contribution in [0.4, 0.5) is 0 Å². The van der Waals surface area contributed by atoms with Crippen LogP contribution in [0.2, 0.25) is 0 Å². The summed E-state index contributed by atoms with van der Waals surface area (Å²) in [5.74, 6) is 0.830. The number of fused-ring (bicyclic) bond motifs is 1. The fourth-order valence-electron chi connectivity index (χ4n) is 0.933. The van der Waals surface area contributed by atoms with E-state index in [4.69, 9.17) is 4.74 Å². The van der Waals surface area contributed by atoms with E-state index in [-0.39, 0.29) is 18.5 Å². The maximum Gasteiger partial charge on any atom is 0.334 e. The van der Waals surface area contributed by atoms with Crippen LogP contribution in [0.5, 0.6) is 6.01 Å². The Bertz CT molecular complexity index is 309. The normalized spacial score (nSPS) is 14.8. The second kappa shape index (κ2) is 2.23. The Morgan fingerprint density at radius 1 is 1.64 bits per heavy atom. The molecule has 0 amide bonds. The SMILES string of the molecule is O=C1Cn2c(CS)nnc2O1. The monoisotopic (exact) mass is 171 g/mol. The van der Waals surface area contributed by atoms with Crippen molar-refractivity contribution in [3.8, 4) is 6.01 Å². The van der Waals surface area contributed by atoms with Crippen molar-refractivity contribution < 1.29 is 9.53 Å². The van der Waals surface area contributed by atoms with Gasteiger partial charge in [-0.25, -0.2) is 4.79 Å². The second-order valence-electron chi connectivity index (χ2n) is 2.12. The average molecular weight is 171 g/mol. The van der Waals surface area contributed by atoms with E-state index in [1.54, 1.807) is 4.57 Å². The van der Waals surface area contributed by atoms with Gasteiger partial charge in [-0.2, -0.15) is 12.6 Å². The summed E-state index contributed by atoms with van der Waals surface area (Å²) in [4.78, 5) is 10.7. The molecule has 58 valence electrons. The summed E-state index contributed by atoms with van der Waals surface area (Å²) in [6, 6.07) is 0.277. The van der Waals surface area contributed by atoms with Crippen LogP contribution in [0.1, 0.15) is 5.82 Å². The number of thiol groups is 1. The van der Waals surface area contributed by atoms with Crippen molar-refractivity contribution in [3.63, 3.8) is 0 Å². The van der Waals surface area contributed by atoms with Gasteiger partial charge in [0.1, 0.15) is 12.4 Å². The lowest BCUT2D eigenvalue weighted by Gasteiger charge is -1.91. The van der Waals surface area contributed by atoms with Gasteiger partial charge in [0.15, 0.2) is 0 Å². The number of hydrogen-bond acceptors (Lipinski definition) is 5. The van der Waals surface area contributed by atoms with Crippen LogP contribution in [0.15, 0.2) is 0 Å². The number of nitrogens with zero attached hydrogens (tertiary/aromatic N) is 3. The Balaban J connectivity index is 2.44. The molecule has 0 saturated carbocycles. The highest BCUT2D eigenvalue weighted by atomic mass is 32.1. The lowest BCUT2D eigenvalue weighted by molar-refractivity contribution is -0.132. The lowest BCUT2D eigenvalue weighted by Crippen LogP contribution is -2.06. The Labute approximate surface area is 67.8 Å². The molecule has 6 heteroatoms. The van der Waals surface area contributed by atoms with Crippen molar-refractivity contribution >= 4 is 18.6 Å². The molecule has 1 aromatic rings. The predicted octanol–water partition coefficient (Wildman–Crippen LogP) is -0.373. The molecular weight excluding hydrogens is 166 g/mol. The van der Waals surface area contributed by atoms with Gasteiger partial charge in [0, 0.05) is 0 Å². The van der Waals surface area contributed by atoms with Gasteiger partial charge in [0.05, 0.1) is 5.75 Å². The molecule has 0 unspecified atom stereocenters. The van der Waals surface area contributed by atoms with E-state index in [2.05, 4.69) is 22.8 Å². The molecule has 0 fully saturated rings. The topological polar surface area (TPSA) is 57.0 Å². The van der Waals surface area contributed by atoms with Crippen LogP contribution in [0.3, 0.4) is 0 Å². The van der Waals surface area contributed by atoms with Crippen LogP contribution in [-0.4, -0.2) is 20.7 Å². The molecule has 11 heavy (non-hydrogen) atoms. The summed E-state index contributed by atoms with van der Waals surface area (Å²) >= 11 is 4.01. The van der Waals surface area contributed by atoms with Gasteiger partial charge in [-0.3, -0.25) is 4.57 Å². The van der Waals surface area contributed by atoms with Crippen LogP contribution in [0.25, 0.3) is 0 Å². The first-order valence-electron chi connectivity index (χ1n) is 3.05. The van der Waals surface area contributed by atoms with E-state index >= 15 is 0 Å². The van der Waals surface area contributed by atoms with E-state index in [9.17, 15) is 4.79 Å². The average Bonchev–Trinajstić information content (AvgIpc) is 2.45. The van der Waals surface area contributed by atoms with Crippen LogP contribution in [0, 0.1) is 0 Å². The van der Waals surface area contributed by atoms with E-state index in [1.807, 2.05) is 0 Å². The van der Waals surface area contributed by atoms with Crippen molar-refractivity contribution in [1.82, 2.24) is 14.8 Å². The van der Waals surface area contributed by atoms with Crippen molar-refractivity contribution in [1.29, 1.82) is 0 Å². The van der Waals surface area contributed by atoms with Crippen molar-refractivity contribution in [3.05, 3.63) is 5.82 Å². The lowest BCUT2D eigenvalue weighted by atomic mass is 10.6. The smallest absolute Gasteiger partial charge is 0.334 e. The molecule has 0 radical (unpaired) electrons. The van der Waals surface area contributed by atoms with Crippen molar-refractivity contribution in [2.24, 2.45) is 0 Å². The second-order valence-corrected chi connectivity index (χ2v) is 2.43. The first-order valence-corrected chi connectivity index (χ1v) is 3.68. The number of rotatable bonds is 1. The molecule has 1 aromatic heterocycles. The molecule has 0 N–H and O–H groups in total. The zero-order valence-electron chi connectivity index (χ0n) is 5.52. The van der Waals surface area contributed by atoms with Crippen molar-refractivity contribution in [2.45, 2.75) is 12.3 Å². The first kappa shape index (κ1) is 6.66. The van der Waals surface area contributed by atoms with Gasteiger partial charge in [0.2, 0.25) is 0 Å². The van der Waals surface area contributed by atoms with Gasteiger partial charge >= 0.3 is 12.0 Å². The third kappa shape index (κ3) is 0.900. The Morgan fingerprint density at radius 3 is 3.18 bits per heavy atom. The molecule has 5 nitrogen and oxygen atoms in total. The largest absolute Gasteiger partial charge is 0.390 e. The van der Waals surface area contributed by atoms with Crippen LogP contribution in [-0.2, 0) is 17.1 Å². The summed E-state index contributed by atoms with van der Waals surface area (Å²) in [5, 5.41) is 7.39. The highest BCUT2D eigenvalue weighted by Crippen LogP contribution is 2.17. The van der Waals surface area contributed by atoms with Gasteiger partial charge in [0.25, 0.3) is 0 Å². The van der Waals surface area contributed by atoms with Crippen LogP contribution >= 0.6 is 12.6 Å². The minimum Gasteiger partial charge on any atom is -0.390 e. The van der Waals surface area contributed by atoms with E-state index in [1.165, 1.54) is 0 Å². The van der Waals surface area contributed by atoms with Gasteiger partial charge in [-0.15, -0.1) is 5.10 Å². The third-order valence-corrected chi connectivity index (χ3v) is 1.71. The van der Waals surface area contributed by atoms with E-state index in [0.717, 1.165) is 0 Å². The van der Waals surface area contributed by atoms with E-state index in [0.29, 0.717) is 11.6 Å². The Morgan fingerprint density at radius 2 is 2.45 bits per heavy atom. The minimum absolute atomic E-state index is 0.207. The number of hydrogen-bond donors (Lipinski definition) is 1. The quantitative estimate of drug-likeness (QED) is 0.462. The van der Waals surface area contributed by atoms with Gasteiger partial charge in [-0.05, 0) is 0 Å². The van der Waals surface area contributed by atoms with Gasteiger partial charge in [-0.1, -0.05) is 5.10 Å². The van der Waals surface area contributed by atoms with Gasteiger partial charge < -0.3 is 4.74 Å². The standard InChI is InChI=1S/C5H5N3O2S/c9-4-1-8-3(2-11)6-7-5(8)10-4/h11H,1-2H2. The Kier molecular flexibility index (Phi) is 1.35. The molecule has 0 spiro atoms. The van der Waals surface area contributed by atoms with E-state index < -0.39 is 0 Å². The number of carbonyl (C=O) groups is 1. The minimum atomic E-state index is -0.294. The fraction of sp³-hybridized carbons (Fsp3) is 0.400. The molecule has 1 aliphatic heterocycles. The maximum absolute atomic E-state index is 10.7. The molecule has 0 aliphatic carbocycles. The van der Waals surface area contributed by atoms with Crippen LogP contribution < -0.4 is 4.74 Å². The molecule has 0 saturated heterocycles. The number of esters is 1. The summed E-state index contributed by atoms with van der Waals surface area (Å²) in [5.41, 5.74) is 0. The maximum atomic E-state index is 10.7. The zero-order chi connectivity index (χ0) is 7.84. The molecule has 2 heterocycles. The number of aromatic nitrogens is 3. The highest BCUT2D eigenvalue weighted by Gasteiger charge is 2.24. The molecule has 1 aliphatic rings. The highest BCUT2D eigenvalue weighted by molar-refractivity contribution is 7.79. The third-order valence-electron chi connectivity index (χ3n) is 1.43. The first-order chi connectivity index (χ1) is 5.31. The number of ether oxygens (including phenoxy) is 1. The Hall–Kier alpha value is -1.04. The fourth-order valence-corrected chi connectivity index (χ4v) is 1.17. The molecule has 0 atom stereocenters. The summed E-state index contributed by atoms with van der Waals surface area (Å²) in [6.07, 6.45) is 0. The molecule has 0 aromatic carbocycles. The molecular formula is C5H5N3O2S. The summed E-state index contributed by atoms with van der Waals surface area (Å²) in [6.45, 7) is 0.207. The molecule has 2 rings (SSSR count). The zero-order valence-corrected chi connectivity index (χ0v) is 6.41. The number of carbonyl (C=O) groups excluding carboxylic acids is 1.